The average molecular weight is 306 g/mol. The number of urea groups is 1. The van der Waals surface area contributed by atoms with Crippen LogP contribution < -0.4 is 10.6 Å². The van der Waals surface area contributed by atoms with Gasteiger partial charge < -0.3 is 10.6 Å². The zero-order valence-corrected chi connectivity index (χ0v) is 12.4. The third kappa shape index (κ3) is 7.01. The number of amides is 2. The summed E-state index contributed by atoms with van der Waals surface area (Å²) in [6.07, 6.45) is -0.136. The highest BCUT2D eigenvalue weighted by molar-refractivity contribution is 5.89. The van der Waals surface area contributed by atoms with Crippen molar-refractivity contribution in [2.75, 3.05) is 5.32 Å². The maximum atomic E-state index is 12.2. The topological polar surface area (TPSA) is 59.0 Å². The number of hydrogen-bond donors (Lipinski definition) is 2. The van der Waals surface area contributed by atoms with Crippen LogP contribution in [0.2, 0.25) is 0 Å². The minimum atomic E-state index is -4.34. The van der Waals surface area contributed by atoms with Crippen LogP contribution in [-0.2, 0) is 6.54 Å². The summed E-state index contributed by atoms with van der Waals surface area (Å²) in [5.41, 5.74) is 0.229. The van der Waals surface area contributed by atoms with Gasteiger partial charge in [-0.3, -0.25) is 4.68 Å². The zero-order valence-electron chi connectivity index (χ0n) is 12.4. The van der Waals surface area contributed by atoms with Gasteiger partial charge in [-0.15, -0.1) is 0 Å². The van der Waals surface area contributed by atoms with E-state index in [1.54, 1.807) is 0 Å². The van der Waals surface area contributed by atoms with Gasteiger partial charge in [0, 0.05) is 12.2 Å². The zero-order chi connectivity index (χ0) is 16.0. The molecule has 2 amide bonds. The Morgan fingerprint density at radius 2 is 2.10 bits per heavy atom. The lowest BCUT2D eigenvalue weighted by Gasteiger charge is -2.17. The van der Waals surface area contributed by atoms with E-state index in [0.717, 1.165) is 23.7 Å². The van der Waals surface area contributed by atoms with E-state index < -0.39 is 18.8 Å². The fourth-order valence-electron chi connectivity index (χ4n) is 1.92. The third-order valence-electron chi connectivity index (χ3n) is 3.06. The molecule has 8 heteroatoms. The predicted octanol–water partition coefficient (Wildman–Crippen LogP) is 3.39. The molecule has 0 bridgehead atoms. The molecule has 1 heterocycles. The summed E-state index contributed by atoms with van der Waals surface area (Å²) < 4.78 is 37.3. The van der Waals surface area contributed by atoms with Crippen molar-refractivity contribution in [3.8, 4) is 0 Å². The standard InChI is InChI=1S/C13H21F3N4O/c1-4-9(2)5-10(3)18-12(21)19-11-6-17-20(7-11)8-13(14,15)16/h6-7,9-10H,4-5,8H2,1-3H3,(H2,18,19,21)/t9-,10-/m0/s1. The van der Waals surface area contributed by atoms with Crippen LogP contribution >= 0.6 is 0 Å². The molecule has 0 unspecified atom stereocenters. The molecule has 0 spiro atoms. The minimum Gasteiger partial charge on any atom is -0.335 e. The number of halogens is 3. The Morgan fingerprint density at radius 3 is 2.67 bits per heavy atom. The van der Waals surface area contributed by atoms with Crippen molar-refractivity contribution in [1.29, 1.82) is 0 Å². The van der Waals surface area contributed by atoms with Crippen molar-refractivity contribution < 1.29 is 18.0 Å². The van der Waals surface area contributed by atoms with Gasteiger partial charge in [0.2, 0.25) is 0 Å². The molecule has 0 aliphatic carbocycles. The summed E-state index contributed by atoms with van der Waals surface area (Å²) in [5, 5.41) is 8.76. The van der Waals surface area contributed by atoms with Crippen LogP contribution in [-0.4, -0.2) is 28.0 Å². The van der Waals surface area contributed by atoms with Crippen LogP contribution in [0.4, 0.5) is 23.7 Å². The number of carbonyl (C=O) groups is 1. The van der Waals surface area contributed by atoms with Gasteiger partial charge in [0.1, 0.15) is 6.54 Å². The first kappa shape index (κ1) is 17.3. The number of carbonyl (C=O) groups excluding carboxylic acids is 1. The molecule has 1 aromatic rings. The Kier molecular flexibility index (Phi) is 6.04. The number of nitrogens with one attached hydrogen (secondary N) is 2. The smallest absolute Gasteiger partial charge is 0.335 e. The summed E-state index contributed by atoms with van der Waals surface area (Å²) in [5.74, 6) is 0.495. The predicted molar refractivity (Wildman–Crippen MR) is 74.0 cm³/mol. The molecule has 2 N–H and O–H groups in total. The van der Waals surface area contributed by atoms with Crippen LogP contribution in [0.3, 0.4) is 0 Å². The molecule has 21 heavy (non-hydrogen) atoms. The second kappa shape index (κ2) is 7.33. The molecule has 120 valence electrons. The van der Waals surface area contributed by atoms with Gasteiger partial charge in [0.05, 0.1) is 11.9 Å². The largest absolute Gasteiger partial charge is 0.408 e. The summed E-state index contributed by atoms with van der Waals surface area (Å²) in [6, 6.07) is -0.456. The molecule has 0 radical (unpaired) electrons. The fourth-order valence-corrected chi connectivity index (χ4v) is 1.92. The molecule has 0 aliphatic heterocycles. The fraction of sp³-hybridized carbons (Fsp3) is 0.692. The van der Waals surface area contributed by atoms with Gasteiger partial charge >= 0.3 is 12.2 Å². The molecular weight excluding hydrogens is 285 g/mol. The SMILES string of the molecule is CC[C@H](C)C[C@H](C)NC(=O)Nc1cnn(CC(F)(F)F)c1. The molecule has 0 aromatic carbocycles. The average Bonchev–Trinajstić information content (AvgIpc) is 2.72. The highest BCUT2D eigenvalue weighted by Crippen LogP contribution is 2.18. The lowest BCUT2D eigenvalue weighted by atomic mass is 10.0. The summed E-state index contributed by atoms with van der Waals surface area (Å²) in [6.45, 7) is 4.88. The van der Waals surface area contributed by atoms with E-state index in [2.05, 4.69) is 29.6 Å². The van der Waals surface area contributed by atoms with Crippen LogP contribution in [0.5, 0.6) is 0 Å². The maximum absolute atomic E-state index is 12.2. The van der Waals surface area contributed by atoms with Gasteiger partial charge in [0.15, 0.2) is 0 Å². The Hall–Kier alpha value is -1.73. The van der Waals surface area contributed by atoms with Crippen molar-refractivity contribution in [2.45, 2.75) is 52.4 Å². The lowest BCUT2D eigenvalue weighted by molar-refractivity contribution is -0.142. The van der Waals surface area contributed by atoms with Crippen molar-refractivity contribution in [2.24, 2.45) is 5.92 Å². The Labute approximate surface area is 121 Å². The number of alkyl halides is 3. The van der Waals surface area contributed by atoms with Gasteiger partial charge in [-0.25, -0.2) is 4.79 Å². The van der Waals surface area contributed by atoms with Crippen LogP contribution in [0.1, 0.15) is 33.6 Å². The second-order valence-electron chi connectivity index (χ2n) is 5.29. The molecular formula is C13H21F3N4O. The highest BCUT2D eigenvalue weighted by Gasteiger charge is 2.28. The van der Waals surface area contributed by atoms with Gasteiger partial charge in [-0.05, 0) is 19.3 Å². The molecule has 0 saturated carbocycles. The first-order valence-corrected chi connectivity index (χ1v) is 6.86. The van der Waals surface area contributed by atoms with E-state index in [4.69, 9.17) is 0 Å². The second-order valence-corrected chi connectivity index (χ2v) is 5.29. The van der Waals surface area contributed by atoms with Crippen LogP contribution in [0.25, 0.3) is 0 Å². The molecule has 2 atom stereocenters. The van der Waals surface area contributed by atoms with Gasteiger partial charge in [0.25, 0.3) is 0 Å². The van der Waals surface area contributed by atoms with E-state index in [9.17, 15) is 18.0 Å². The normalized spacial score (nSPS) is 14.6. The summed E-state index contributed by atoms with van der Waals surface area (Å²) >= 11 is 0. The molecule has 1 rings (SSSR count). The van der Waals surface area contributed by atoms with E-state index in [1.165, 1.54) is 6.20 Å². The van der Waals surface area contributed by atoms with E-state index in [-0.39, 0.29) is 11.7 Å². The Morgan fingerprint density at radius 1 is 1.43 bits per heavy atom. The molecule has 0 fully saturated rings. The molecule has 0 aliphatic rings. The quantitative estimate of drug-likeness (QED) is 0.846. The van der Waals surface area contributed by atoms with E-state index >= 15 is 0 Å². The Bertz CT molecular complexity index is 459. The summed E-state index contributed by atoms with van der Waals surface area (Å²) in [4.78, 5) is 11.7. The van der Waals surface area contributed by atoms with Crippen LogP contribution in [0.15, 0.2) is 12.4 Å². The molecule has 1 aromatic heterocycles. The number of aromatic nitrogens is 2. The number of rotatable bonds is 6. The molecule has 0 saturated heterocycles. The summed E-state index contributed by atoms with van der Waals surface area (Å²) in [7, 11) is 0. The van der Waals surface area contributed by atoms with E-state index in [0.29, 0.717) is 5.92 Å². The third-order valence-corrected chi connectivity index (χ3v) is 3.06. The van der Waals surface area contributed by atoms with Gasteiger partial charge in [-0.2, -0.15) is 18.3 Å². The van der Waals surface area contributed by atoms with E-state index in [1.807, 2.05) is 6.92 Å². The first-order chi connectivity index (χ1) is 9.69. The van der Waals surface area contributed by atoms with Gasteiger partial charge in [-0.1, -0.05) is 20.3 Å². The minimum absolute atomic E-state index is 0.00910. The van der Waals surface area contributed by atoms with Crippen molar-refractivity contribution in [3.63, 3.8) is 0 Å². The first-order valence-electron chi connectivity index (χ1n) is 6.86. The number of hydrogen-bond acceptors (Lipinski definition) is 2. The monoisotopic (exact) mass is 306 g/mol. The van der Waals surface area contributed by atoms with Crippen molar-refractivity contribution in [3.05, 3.63) is 12.4 Å². The Balaban J connectivity index is 2.44. The maximum Gasteiger partial charge on any atom is 0.408 e. The highest BCUT2D eigenvalue weighted by atomic mass is 19.4. The lowest BCUT2D eigenvalue weighted by Crippen LogP contribution is -2.36. The van der Waals surface area contributed by atoms with Crippen LogP contribution in [0, 0.1) is 5.92 Å². The molecule has 5 nitrogen and oxygen atoms in total. The van der Waals surface area contributed by atoms with Crippen molar-refractivity contribution >= 4 is 11.7 Å². The number of anilines is 1. The number of nitrogens with zero attached hydrogens (tertiary/aromatic N) is 2. The van der Waals surface area contributed by atoms with Crippen molar-refractivity contribution in [1.82, 2.24) is 15.1 Å².